The van der Waals surface area contributed by atoms with Gasteiger partial charge in [-0.3, -0.25) is 9.52 Å². The molecule has 0 heterocycles. The van der Waals surface area contributed by atoms with Crippen molar-refractivity contribution in [3.05, 3.63) is 23.2 Å². The summed E-state index contributed by atoms with van der Waals surface area (Å²) in [6.07, 6.45) is 1.03. The second-order valence-electron chi connectivity index (χ2n) is 4.83. The third-order valence-corrected chi connectivity index (χ3v) is 3.46. The summed E-state index contributed by atoms with van der Waals surface area (Å²) in [6, 6.07) is 3.85. The zero-order valence-corrected chi connectivity index (χ0v) is 13.0. The lowest BCUT2D eigenvalue weighted by Crippen LogP contribution is -2.39. The van der Waals surface area contributed by atoms with E-state index < -0.39 is 16.1 Å². The summed E-state index contributed by atoms with van der Waals surface area (Å²) in [4.78, 5) is 11.8. The van der Waals surface area contributed by atoms with Gasteiger partial charge in [-0.25, -0.2) is 8.42 Å². The van der Waals surface area contributed by atoms with Crippen LogP contribution in [0.4, 0.5) is 11.4 Å². The van der Waals surface area contributed by atoms with E-state index in [1.807, 2.05) is 13.8 Å². The molecule has 0 unspecified atom stereocenters. The van der Waals surface area contributed by atoms with Crippen LogP contribution in [0.25, 0.3) is 0 Å². The highest BCUT2D eigenvalue weighted by Crippen LogP contribution is 2.26. The summed E-state index contributed by atoms with van der Waals surface area (Å²) in [5.74, 6) is -0.309. The van der Waals surface area contributed by atoms with E-state index in [1.165, 1.54) is 12.1 Å². The van der Waals surface area contributed by atoms with Gasteiger partial charge < -0.3 is 11.1 Å². The van der Waals surface area contributed by atoms with Gasteiger partial charge in [0.2, 0.25) is 15.9 Å². The fourth-order valence-corrected chi connectivity index (χ4v) is 2.26. The van der Waals surface area contributed by atoms with Crippen LogP contribution in [-0.4, -0.2) is 26.6 Å². The first-order valence-corrected chi connectivity index (χ1v) is 8.21. The zero-order chi connectivity index (χ0) is 15.5. The van der Waals surface area contributed by atoms with Crippen LogP contribution in [0.5, 0.6) is 0 Å². The summed E-state index contributed by atoms with van der Waals surface area (Å²) >= 11 is 5.95. The first-order chi connectivity index (χ1) is 9.10. The van der Waals surface area contributed by atoms with Gasteiger partial charge in [-0.2, -0.15) is 0 Å². The summed E-state index contributed by atoms with van der Waals surface area (Å²) in [6.45, 7) is 3.69. The molecule has 1 atom stereocenters. The topological polar surface area (TPSA) is 101 Å². The molecule has 0 aliphatic rings. The molecule has 0 spiro atoms. The highest BCUT2D eigenvalue weighted by Gasteiger charge is 2.17. The van der Waals surface area contributed by atoms with Gasteiger partial charge >= 0.3 is 0 Å². The van der Waals surface area contributed by atoms with Crippen molar-refractivity contribution < 1.29 is 13.2 Å². The molecule has 8 heteroatoms. The maximum Gasteiger partial charge on any atom is 0.241 e. The Morgan fingerprint density at radius 3 is 2.40 bits per heavy atom. The van der Waals surface area contributed by atoms with E-state index in [-0.39, 0.29) is 22.5 Å². The Labute approximate surface area is 123 Å². The van der Waals surface area contributed by atoms with E-state index in [0.29, 0.717) is 5.69 Å². The van der Waals surface area contributed by atoms with Crippen molar-refractivity contribution in [2.75, 3.05) is 16.3 Å². The van der Waals surface area contributed by atoms with Crippen LogP contribution in [0, 0.1) is 5.92 Å². The molecule has 1 rings (SSSR count). The number of nitrogens with two attached hydrogens (primary N) is 1. The number of hydrogen-bond donors (Lipinski definition) is 3. The van der Waals surface area contributed by atoms with Gasteiger partial charge in [0, 0.05) is 5.69 Å². The van der Waals surface area contributed by atoms with Gasteiger partial charge in [0.25, 0.3) is 0 Å². The number of amides is 1. The Morgan fingerprint density at radius 2 is 1.95 bits per heavy atom. The number of rotatable bonds is 5. The second-order valence-corrected chi connectivity index (χ2v) is 6.98. The minimum Gasteiger partial charge on any atom is -0.325 e. The highest BCUT2D eigenvalue weighted by atomic mass is 35.5. The molecule has 20 heavy (non-hydrogen) atoms. The highest BCUT2D eigenvalue weighted by molar-refractivity contribution is 7.92. The van der Waals surface area contributed by atoms with Crippen LogP contribution >= 0.6 is 11.6 Å². The predicted molar refractivity (Wildman–Crippen MR) is 81.4 cm³/mol. The van der Waals surface area contributed by atoms with Gasteiger partial charge in [-0.05, 0) is 24.1 Å². The third-order valence-electron chi connectivity index (χ3n) is 2.55. The predicted octanol–water partition coefficient (Wildman–Crippen LogP) is 1.63. The van der Waals surface area contributed by atoms with Crippen LogP contribution in [0.3, 0.4) is 0 Å². The number of hydrogen-bond acceptors (Lipinski definition) is 4. The number of nitrogens with one attached hydrogen (secondary N) is 2. The van der Waals surface area contributed by atoms with Gasteiger partial charge in [0.15, 0.2) is 0 Å². The van der Waals surface area contributed by atoms with E-state index in [4.69, 9.17) is 17.3 Å². The SMILES string of the molecule is CC(C)[C@@H](N)C(=O)Nc1ccc(NS(C)(=O)=O)c(Cl)c1. The van der Waals surface area contributed by atoms with Crippen molar-refractivity contribution in [1.82, 2.24) is 0 Å². The lowest BCUT2D eigenvalue weighted by atomic mass is 10.0. The molecular weight excluding hydrogens is 302 g/mol. The molecule has 0 fully saturated rings. The maximum atomic E-state index is 11.8. The Kier molecular flexibility index (Phi) is 5.38. The van der Waals surface area contributed by atoms with Crippen LogP contribution in [0.15, 0.2) is 18.2 Å². The Balaban J connectivity index is 2.85. The second kappa shape index (κ2) is 6.43. The van der Waals surface area contributed by atoms with Crippen molar-refractivity contribution >= 4 is 38.9 Å². The molecule has 112 valence electrons. The average Bonchev–Trinajstić information content (AvgIpc) is 2.30. The van der Waals surface area contributed by atoms with E-state index >= 15 is 0 Å². The summed E-state index contributed by atoms with van der Waals surface area (Å²) < 4.78 is 24.5. The van der Waals surface area contributed by atoms with Gasteiger partial charge in [-0.15, -0.1) is 0 Å². The lowest BCUT2D eigenvalue weighted by molar-refractivity contribution is -0.118. The van der Waals surface area contributed by atoms with Crippen molar-refractivity contribution in [3.8, 4) is 0 Å². The van der Waals surface area contributed by atoms with Crippen molar-refractivity contribution in [2.24, 2.45) is 11.7 Å². The smallest absolute Gasteiger partial charge is 0.241 e. The molecule has 0 aromatic heterocycles. The first-order valence-electron chi connectivity index (χ1n) is 5.94. The molecule has 1 amide bonds. The van der Waals surface area contributed by atoms with E-state index in [1.54, 1.807) is 6.07 Å². The number of benzene rings is 1. The quantitative estimate of drug-likeness (QED) is 0.767. The van der Waals surface area contributed by atoms with Gasteiger partial charge in [0.1, 0.15) is 0 Å². The summed E-state index contributed by atoms with van der Waals surface area (Å²) in [7, 11) is -3.40. The van der Waals surface area contributed by atoms with E-state index in [0.717, 1.165) is 6.26 Å². The van der Waals surface area contributed by atoms with Crippen molar-refractivity contribution in [3.63, 3.8) is 0 Å². The Bertz CT molecular complexity index is 602. The molecular formula is C12H18ClN3O3S. The third kappa shape index (κ3) is 4.99. The van der Waals surface area contributed by atoms with Crippen LogP contribution in [0.2, 0.25) is 5.02 Å². The molecule has 6 nitrogen and oxygen atoms in total. The van der Waals surface area contributed by atoms with E-state index in [2.05, 4.69) is 10.0 Å². The molecule has 4 N–H and O–H groups in total. The molecule has 1 aromatic carbocycles. The van der Waals surface area contributed by atoms with Crippen LogP contribution in [-0.2, 0) is 14.8 Å². The monoisotopic (exact) mass is 319 g/mol. The summed E-state index contributed by atoms with van der Waals surface area (Å²) in [5, 5.41) is 2.81. The molecule has 0 saturated carbocycles. The molecule has 0 aliphatic heterocycles. The Hall–Kier alpha value is -1.31. The Morgan fingerprint density at radius 1 is 1.35 bits per heavy atom. The minimum absolute atomic E-state index is 0.0108. The normalized spacial score (nSPS) is 13.1. The average molecular weight is 320 g/mol. The lowest BCUT2D eigenvalue weighted by Gasteiger charge is -2.16. The summed E-state index contributed by atoms with van der Waals surface area (Å²) in [5.41, 5.74) is 6.43. The number of sulfonamides is 1. The van der Waals surface area contributed by atoms with Crippen molar-refractivity contribution in [1.29, 1.82) is 0 Å². The van der Waals surface area contributed by atoms with Crippen LogP contribution in [0.1, 0.15) is 13.8 Å². The van der Waals surface area contributed by atoms with Crippen molar-refractivity contribution in [2.45, 2.75) is 19.9 Å². The maximum absolute atomic E-state index is 11.8. The molecule has 0 bridgehead atoms. The van der Waals surface area contributed by atoms with E-state index in [9.17, 15) is 13.2 Å². The molecule has 0 saturated heterocycles. The minimum atomic E-state index is -3.40. The number of carbonyl (C=O) groups is 1. The number of halogens is 1. The fraction of sp³-hybridized carbons (Fsp3) is 0.417. The fourth-order valence-electron chi connectivity index (χ4n) is 1.40. The number of carbonyl (C=O) groups excluding carboxylic acids is 1. The standard InChI is InChI=1S/C12H18ClN3O3S/c1-7(2)11(14)12(17)15-8-4-5-10(9(13)6-8)16-20(3,18)19/h4-7,11,16H,14H2,1-3H3,(H,15,17)/t11-/m1/s1. The molecule has 0 aliphatic carbocycles. The van der Waals surface area contributed by atoms with Gasteiger partial charge in [0.05, 0.1) is 23.0 Å². The number of anilines is 2. The largest absolute Gasteiger partial charge is 0.325 e. The molecule has 0 radical (unpaired) electrons. The molecule has 1 aromatic rings. The van der Waals surface area contributed by atoms with Gasteiger partial charge in [-0.1, -0.05) is 25.4 Å². The van der Waals surface area contributed by atoms with Crippen LogP contribution < -0.4 is 15.8 Å². The first kappa shape index (κ1) is 16.7. The zero-order valence-electron chi connectivity index (χ0n) is 11.5.